The molecule has 0 radical (unpaired) electrons. The quantitative estimate of drug-likeness (QED) is 0.747. The van der Waals surface area contributed by atoms with Crippen molar-refractivity contribution in [3.05, 3.63) is 0 Å². The molecule has 0 bridgehead atoms. The molecule has 0 aromatic carbocycles. The zero-order valence-electron chi connectivity index (χ0n) is 12.4. The van der Waals surface area contributed by atoms with E-state index in [1.165, 1.54) is 7.11 Å². The van der Waals surface area contributed by atoms with Crippen molar-refractivity contribution >= 4 is 11.9 Å². The summed E-state index contributed by atoms with van der Waals surface area (Å²) in [5.41, 5.74) is -0.766. The van der Waals surface area contributed by atoms with Crippen molar-refractivity contribution < 1.29 is 14.3 Å². The van der Waals surface area contributed by atoms with Gasteiger partial charge in [0.05, 0.1) is 7.11 Å². The Morgan fingerprint density at radius 3 is 2.65 bits per heavy atom. The van der Waals surface area contributed by atoms with Crippen LogP contribution in [0, 0.1) is 5.92 Å². The van der Waals surface area contributed by atoms with Gasteiger partial charge >= 0.3 is 5.97 Å². The molecular weight excluding hydrogens is 256 g/mol. The number of carbonyl (C=O) groups excluding carboxylic acids is 2. The predicted octanol–water partition coefficient (Wildman–Crippen LogP) is 1.37. The highest BCUT2D eigenvalue weighted by Gasteiger charge is 2.41. The van der Waals surface area contributed by atoms with Gasteiger partial charge in [-0.1, -0.05) is 19.3 Å². The second kappa shape index (κ2) is 7.07. The molecule has 1 amide bonds. The van der Waals surface area contributed by atoms with Crippen LogP contribution < -0.4 is 10.6 Å². The third kappa shape index (κ3) is 3.72. The maximum absolute atomic E-state index is 12.2. The number of rotatable bonds is 5. The van der Waals surface area contributed by atoms with Gasteiger partial charge < -0.3 is 15.4 Å². The summed E-state index contributed by atoms with van der Waals surface area (Å²) in [6, 6.07) is 0. The Labute approximate surface area is 120 Å². The lowest BCUT2D eigenvalue weighted by Gasteiger charge is -2.35. The van der Waals surface area contributed by atoms with Crippen LogP contribution in [0.1, 0.15) is 51.4 Å². The van der Waals surface area contributed by atoms with Gasteiger partial charge in [-0.3, -0.25) is 4.79 Å². The average molecular weight is 282 g/mol. The van der Waals surface area contributed by atoms with E-state index in [4.69, 9.17) is 4.74 Å². The first kappa shape index (κ1) is 15.3. The number of methoxy groups -OCH3 is 1. The van der Waals surface area contributed by atoms with Gasteiger partial charge in [0, 0.05) is 6.42 Å². The summed E-state index contributed by atoms with van der Waals surface area (Å²) >= 11 is 0. The summed E-state index contributed by atoms with van der Waals surface area (Å²) in [7, 11) is 1.40. The van der Waals surface area contributed by atoms with Gasteiger partial charge in [-0.05, 0) is 44.7 Å². The van der Waals surface area contributed by atoms with Gasteiger partial charge in [0.15, 0.2) is 0 Å². The topological polar surface area (TPSA) is 67.4 Å². The number of hydrogen-bond donors (Lipinski definition) is 2. The van der Waals surface area contributed by atoms with E-state index in [2.05, 4.69) is 10.6 Å². The molecule has 0 aromatic heterocycles. The van der Waals surface area contributed by atoms with Crippen LogP contribution in [0.4, 0.5) is 0 Å². The van der Waals surface area contributed by atoms with Gasteiger partial charge in [0.1, 0.15) is 5.54 Å². The molecule has 0 aromatic rings. The monoisotopic (exact) mass is 282 g/mol. The first-order valence-corrected chi connectivity index (χ1v) is 7.76. The lowest BCUT2D eigenvalue weighted by molar-refractivity contribution is -0.152. The van der Waals surface area contributed by atoms with Gasteiger partial charge in [-0.25, -0.2) is 4.79 Å². The van der Waals surface area contributed by atoms with Crippen LogP contribution in [-0.2, 0) is 14.3 Å². The largest absolute Gasteiger partial charge is 0.467 e. The van der Waals surface area contributed by atoms with E-state index in [0.717, 1.165) is 45.2 Å². The van der Waals surface area contributed by atoms with E-state index in [1.54, 1.807) is 0 Å². The Hall–Kier alpha value is -1.10. The molecule has 1 saturated heterocycles. The minimum absolute atomic E-state index is 0.0100. The lowest BCUT2D eigenvalue weighted by atomic mass is 9.81. The van der Waals surface area contributed by atoms with Gasteiger partial charge in [0.25, 0.3) is 0 Å². The zero-order chi connectivity index (χ0) is 14.4. The molecule has 20 heavy (non-hydrogen) atoms. The Balaban J connectivity index is 1.86. The fourth-order valence-electron chi connectivity index (χ4n) is 3.36. The van der Waals surface area contributed by atoms with E-state index in [0.29, 0.717) is 25.2 Å². The third-order valence-electron chi connectivity index (χ3n) is 4.60. The summed E-state index contributed by atoms with van der Waals surface area (Å²) in [6.07, 6.45) is 7.04. The van der Waals surface area contributed by atoms with Crippen molar-refractivity contribution in [3.63, 3.8) is 0 Å². The van der Waals surface area contributed by atoms with E-state index in [-0.39, 0.29) is 11.9 Å². The minimum atomic E-state index is -0.766. The maximum atomic E-state index is 12.2. The van der Waals surface area contributed by atoms with Crippen molar-refractivity contribution in [2.75, 3.05) is 20.2 Å². The number of carbonyl (C=O) groups is 2. The number of ether oxygens (including phenoxy) is 1. The first-order chi connectivity index (χ1) is 9.66. The second-order valence-electron chi connectivity index (χ2n) is 6.08. The van der Waals surface area contributed by atoms with Crippen LogP contribution in [0.5, 0.6) is 0 Å². The van der Waals surface area contributed by atoms with Crippen LogP contribution in [0.15, 0.2) is 0 Å². The Morgan fingerprint density at radius 1 is 1.30 bits per heavy atom. The fraction of sp³-hybridized carbons (Fsp3) is 0.867. The highest BCUT2D eigenvalue weighted by Crippen LogP contribution is 2.29. The zero-order valence-corrected chi connectivity index (χ0v) is 12.4. The molecule has 1 aliphatic carbocycles. The molecule has 0 spiro atoms. The van der Waals surface area contributed by atoms with Crippen molar-refractivity contribution in [1.29, 1.82) is 0 Å². The number of esters is 1. The van der Waals surface area contributed by atoms with Crippen LogP contribution in [-0.4, -0.2) is 37.6 Å². The highest BCUT2D eigenvalue weighted by atomic mass is 16.5. The molecule has 114 valence electrons. The Kier molecular flexibility index (Phi) is 5.40. The smallest absolute Gasteiger partial charge is 0.331 e. The van der Waals surface area contributed by atoms with E-state index in [9.17, 15) is 9.59 Å². The summed E-state index contributed by atoms with van der Waals surface area (Å²) in [5, 5.41) is 6.28. The molecule has 1 heterocycles. The maximum Gasteiger partial charge on any atom is 0.331 e. The molecule has 1 atom stereocenters. The minimum Gasteiger partial charge on any atom is -0.467 e. The molecular formula is C15H26N2O3. The van der Waals surface area contributed by atoms with Crippen molar-refractivity contribution in [3.8, 4) is 0 Å². The molecule has 2 rings (SSSR count). The summed E-state index contributed by atoms with van der Waals surface area (Å²) < 4.78 is 4.91. The number of hydrogen-bond acceptors (Lipinski definition) is 4. The van der Waals surface area contributed by atoms with Crippen molar-refractivity contribution in [1.82, 2.24) is 10.6 Å². The molecule has 2 aliphatic rings. The van der Waals surface area contributed by atoms with Crippen LogP contribution in [0.2, 0.25) is 0 Å². The fourth-order valence-corrected chi connectivity index (χ4v) is 3.36. The highest BCUT2D eigenvalue weighted by molar-refractivity contribution is 5.88. The van der Waals surface area contributed by atoms with E-state index >= 15 is 0 Å². The summed E-state index contributed by atoms with van der Waals surface area (Å²) in [5.74, 6) is 0.304. The van der Waals surface area contributed by atoms with Crippen molar-refractivity contribution in [2.24, 2.45) is 5.92 Å². The Bertz CT molecular complexity index is 345. The third-order valence-corrected chi connectivity index (χ3v) is 4.60. The number of amides is 1. The molecule has 2 fully saturated rings. The van der Waals surface area contributed by atoms with Crippen LogP contribution in [0.25, 0.3) is 0 Å². The van der Waals surface area contributed by atoms with E-state index in [1.807, 2.05) is 0 Å². The first-order valence-electron chi connectivity index (χ1n) is 7.76. The second-order valence-corrected chi connectivity index (χ2v) is 6.08. The SMILES string of the molecule is COC(=O)C1(NC(=O)CCC2CCNC2)CCCCC1. The molecule has 2 N–H and O–H groups in total. The molecule has 1 aliphatic heterocycles. The van der Waals surface area contributed by atoms with Crippen LogP contribution in [0.3, 0.4) is 0 Å². The molecule has 5 heteroatoms. The van der Waals surface area contributed by atoms with Crippen LogP contribution >= 0.6 is 0 Å². The van der Waals surface area contributed by atoms with E-state index < -0.39 is 5.54 Å². The summed E-state index contributed by atoms with van der Waals surface area (Å²) in [6.45, 7) is 2.06. The normalized spacial score (nSPS) is 25.1. The molecule has 5 nitrogen and oxygen atoms in total. The average Bonchev–Trinajstić information content (AvgIpc) is 2.98. The predicted molar refractivity (Wildman–Crippen MR) is 76.2 cm³/mol. The molecule has 1 unspecified atom stereocenters. The standard InChI is InChI=1S/C15H26N2O3/c1-20-14(19)15(8-3-2-4-9-15)17-13(18)6-5-12-7-10-16-11-12/h12,16H,2-11H2,1H3,(H,17,18). The lowest BCUT2D eigenvalue weighted by Crippen LogP contribution is -2.56. The van der Waals surface area contributed by atoms with Gasteiger partial charge in [-0.2, -0.15) is 0 Å². The van der Waals surface area contributed by atoms with Gasteiger partial charge in [-0.15, -0.1) is 0 Å². The summed E-state index contributed by atoms with van der Waals surface area (Å²) in [4.78, 5) is 24.2. The van der Waals surface area contributed by atoms with Crippen molar-refractivity contribution in [2.45, 2.75) is 56.9 Å². The van der Waals surface area contributed by atoms with Gasteiger partial charge in [0.2, 0.25) is 5.91 Å². The Morgan fingerprint density at radius 2 is 2.05 bits per heavy atom. The molecule has 1 saturated carbocycles. The number of nitrogens with one attached hydrogen (secondary N) is 2.